The third-order valence-electron chi connectivity index (χ3n) is 1.63. The second-order valence-corrected chi connectivity index (χ2v) is 5.46. The van der Waals surface area contributed by atoms with Gasteiger partial charge in [-0.25, -0.2) is 13.6 Å². The van der Waals surface area contributed by atoms with Crippen LogP contribution in [0.2, 0.25) is 0 Å². The van der Waals surface area contributed by atoms with Crippen LogP contribution in [0.25, 0.3) is 0 Å². The van der Waals surface area contributed by atoms with Gasteiger partial charge < -0.3 is 4.74 Å². The van der Waals surface area contributed by atoms with E-state index < -0.39 is 23.3 Å². The Morgan fingerprint density at radius 3 is 2.18 bits per heavy atom. The summed E-state index contributed by atoms with van der Waals surface area (Å²) in [6, 6.07) is 2.07. The Labute approximate surface area is 112 Å². The van der Waals surface area contributed by atoms with Crippen molar-refractivity contribution in [3.8, 4) is 0 Å². The lowest BCUT2D eigenvalue weighted by Crippen LogP contribution is -2.27. The second-order valence-electron chi connectivity index (χ2n) is 4.38. The number of rotatable bonds is 1. The number of carbonyl (C=O) groups excluding carboxylic acids is 1. The predicted octanol–water partition coefficient (Wildman–Crippen LogP) is 3.92. The maximum Gasteiger partial charge on any atom is 0.412 e. The van der Waals surface area contributed by atoms with E-state index in [0.717, 1.165) is 12.1 Å². The Hall–Kier alpha value is -0.920. The fraction of sp³-hybridized carbons (Fsp3) is 0.364. The van der Waals surface area contributed by atoms with Crippen molar-refractivity contribution in [2.75, 3.05) is 5.32 Å². The summed E-state index contributed by atoms with van der Waals surface area (Å²) in [4.78, 5) is 11.4. The van der Waals surface area contributed by atoms with Crippen molar-refractivity contribution in [3.05, 3.63) is 27.3 Å². The number of benzene rings is 1. The minimum atomic E-state index is -0.752. The van der Waals surface area contributed by atoms with Crippen molar-refractivity contribution in [1.82, 2.24) is 0 Å². The zero-order chi connectivity index (χ0) is 13.2. The average molecular weight is 355 g/mol. The van der Waals surface area contributed by atoms with Gasteiger partial charge in [0.1, 0.15) is 17.2 Å². The summed E-state index contributed by atoms with van der Waals surface area (Å²) in [7, 11) is 0. The summed E-state index contributed by atoms with van der Waals surface area (Å²) in [5.41, 5.74) is -0.639. The molecule has 1 N–H and O–H groups in total. The van der Waals surface area contributed by atoms with Crippen molar-refractivity contribution in [1.29, 1.82) is 0 Å². The Balaban J connectivity index is 2.79. The summed E-state index contributed by atoms with van der Waals surface area (Å²) in [5.74, 6) is -1.45. The molecule has 0 saturated heterocycles. The van der Waals surface area contributed by atoms with Crippen LogP contribution in [0.5, 0.6) is 0 Å². The van der Waals surface area contributed by atoms with Crippen molar-refractivity contribution in [2.45, 2.75) is 26.4 Å². The highest BCUT2D eigenvalue weighted by Crippen LogP contribution is 2.21. The van der Waals surface area contributed by atoms with E-state index in [2.05, 4.69) is 5.32 Å². The van der Waals surface area contributed by atoms with E-state index >= 15 is 0 Å². The number of nitrogens with one attached hydrogen (secondary N) is 1. The summed E-state index contributed by atoms with van der Waals surface area (Å²) in [5, 5.41) is 2.26. The van der Waals surface area contributed by atoms with Crippen LogP contribution in [0.15, 0.2) is 12.1 Å². The highest BCUT2D eigenvalue weighted by Gasteiger charge is 2.17. The predicted molar refractivity (Wildman–Crippen MR) is 68.9 cm³/mol. The van der Waals surface area contributed by atoms with Crippen LogP contribution in [-0.4, -0.2) is 11.7 Å². The number of halogens is 3. The van der Waals surface area contributed by atoms with Crippen LogP contribution < -0.4 is 5.32 Å². The van der Waals surface area contributed by atoms with Gasteiger partial charge in [-0.05, 0) is 55.5 Å². The Kier molecular flexibility index (Phi) is 4.29. The van der Waals surface area contributed by atoms with Crippen LogP contribution in [-0.2, 0) is 4.74 Å². The number of amides is 1. The zero-order valence-electron chi connectivity index (χ0n) is 9.61. The first-order valence-corrected chi connectivity index (χ1v) is 5.91. The Morgan fingerprint density at radius 2 is 1.76 bits per heavy atom. The molecule has 17 heavy (non-hydrogen) atoms. The quantitative estimate of drug-likeness (QED) is 0.613. The van der Waals surface area contributed by atoms with E-state index in [1.807, 2.05) is 0 Å². The van der Waals surface area contributed by atoms with Crippen LogP contribution in [0.3, 0.4) is 0 Å². The highest BCUT2D eigenvalue weighted by atomic mass is 127. The van der Waals surface area contributed by atoms with Gasteiger partial charge in [0.15, 0.2) is 0 Å². The second kappa shape index (κ2) is 5.16. The summed E-state index contributed by atoms with van der Waals surface area (Å²) in [6.45, 7) is 5.09. The molecule has 1 rings (SSSR count). The molecular formula is C11H12F2INO2. The van der Waals surface area contributed by atoms with Crippen molar-refractivity contribution in [2.24, 2.45) is 0 Å². The molecule has 0 saturated carbocycles. The summed E-state index contributed by atoms with van der Waals surface area (Å²) >= 11 is 1.55. The number of hydrogen-bond donors (Lipinski definition) is 1. The summed E-state index contributed by atoms with van der Waals surface area (Å²) < 4.78 is 31.2. The van der Waals surface area contributed by atoms with Gasteiger partial charge in [-0.1, -0.05) is 0 Å². The molecule has 0 aliphatic carbocycles. The number of hydrogen-bond acceptors (Lipinski definition) is 2. The highest BCUT2D eigenvalue weighted by molar-refractivity contribution is 14.1. The Morgan fingerprint density at radius 1 is 1.29 bits per heavy atom. The monoisotopic (exact) mass is 355 g/mol. The minimum Gasteiger partial charge on any atom is -0.444 e. The third-order valence-corrected chi connectivity index (χ3v) is 2.66. The van der Waals surface area contributed by atoms with Crippen LogP contribution in [0.1, 0.15) is 20.8 Å². The average Bonchev–Trinajstić information content (AvgIpc) is 2.10. The van der Waals surface area contributed by atoms with Gasteiger partial charge in [0.05, 0.1) is 3.57 Å². The van der Waals surface area contributed by atoms with Gasteiger partial charge in [0.2, 0.25) is 0 Å². The maximum atomic E-state index is 13.2. The number of anilines is 1. The van der Waals surface area contributed by atoms with E-state index in [-0.39, 0.29) is 9.26 Å². The normalized spacial score (nSPS) is 11.2. The standard InChI is InChI=1S/C11H12F2INO2/c1-11(2,3)17-10(16)15-6-4-7(12)9(14)8(13)5-6/h4-5H,1-3H3,(H,15,16). The van der Waals surface area contributed by atoms with Crippen LogP contribution in [0, 0.1) is 15.2 Å². The fourth-order valence-electron chi connectivity index (χ4n) is 1.05. The lowest BCUT2D eigenvalue weighted by atomic mass is 10.2. The molecule has 0 radical (unpaired) electrons. The molecule has 94 valence electrons. The summed E-state index contributed by atoms with van der Waals surface area (Å²) in [6.07, 6.45) is -0.752. The molecule has 0 aromatic heterocycles. The van der Waals surface area contributed by atoms with E-state index in [4.69, 9.17) is 4.74 Å². The molecule has 0 atom stereocenters. The SMILES string of the molecule is CC(C)(C)OC(=O)Nc1cc(F)c(I)c(F)c1. The van der Waals surface area contributed by atoms with Crippen molar-refractivity contribution < 1.29 is 18.3 Å². The fourth-order valence-corrected chi connectivity index (χ4v) is 1.36. The molecule has 1 amide bonds. The molecule has 0 fully saturated rings. The van der Waals surface area contributed by atoms with Crippen molar-refractivity contribution in [3.63, 3.8) is 0 Å². The first kappa shape index (κ1) is 14.1. The minimum absolute atomic E-state index is 0.0228. The smallest absolute Gasteiger partial charge is 0.412 e. The van der Waals surface area contributed by atoms with Gasteiger partial charge in [-0.3, -0.25) is 5.32 Å². The van der Waals surface area contributed by atoms with Gasteiger partial charge >= 0.3 is 6.09 Å². The van der Waals surface area contributed by atoms with Crippen molar-refractivity contribution >= 4 is 34.4 Å². The third kappa shape index (κ3) is 4.45. The van der Waals surface area contributed by atoms with Gasteiger partial charge in [-0.2, -0.15) is 0 Å². The van der Waals surface area contributed by atoms with Crippen LogP contribution in [0.4, 0.5) is 19.3 Å². The van der Waals surface area contributed by atoms with Gasteiger partial charge in [0, 0.05) is 5.69 Å². The molecule has 0 aliphatic heterocycles. The molecule has 1 aromatic rings. The van der Waals surface area contributed by atoms with E-state index in [0.29, 0.717) is 0 Å². The molecule has 0 heterocycles. The first-order valence-electron chi connectivity index (χ1n) is 4.83. The molecule has 1 aromatic carbocycles. The van der Waals surface area contributed by atoms with E-state index in [1.165, 1.54) is 0 Å². The van der Waals surface area contributed by atoms with Gasteiger partial charge in [-0.15, -0.1) is 0 Å². The zero-order valence-corrected chi connectivity index (χ0v) is 11.8. The largest absolute Gasteiger partial charge is 0.444 e. The topological polar surface area (TPSA) is 38.3 Å². The van der Waals surface area contributed by atoms with E-state index in [1.54, 1.807) is 43.4 Å². The number of carbonyl (C=O) groups is 1. The maximum absolute atomic E-state index is 13.2. The molecule has 0 aliphatic rings. The lowest BCUT2D eigenvalue weighted by molar-refractivity contribution is 0.0636. The molecule has 0 spiro atoms. The number of ether oxygens (including phenoxy) is 1. The van der Waals surface area contributed by atoms with Gasteiger partial charge in [0.25, 0.3) is 0 Å². The molecule has 3 nitrogen and oxygen atoms in total. The molecule has 0 unspecified atom stereocenters. The molecule has 6 heteroatoms. The van der Waals surface area contributed by atoms with E-state index in [9.17, 15) is 13.6 Å². The Bertz CT molecular complexity index is 421. The molecular weight excluding hydrogens is 343 g/mol. The van der Waals surface area contributed by atoms with Crippen LogP contribution >= 0.6 is 22.6 Å². The lowest BCUT2D eigenvalue weighted by Gasteiger charge is -2.19. The first-order chi connectivity index (χ1) is 7.69. The molecule has 0 bridgehead atoms.